The Bertz CT molecular complexity index is 578. The van der Waals surface area contributed by atoms with Crippen molar-refractivity contribution in [3.05, 3.63) is 40.8 Å². The van der Waals surface area contributed by atoms with Gasteiger partial charge in [0.1, 0.15) is 5.75 Å². The molecule has 0 fully saturated rings. The predicted molar refractivity (Wildman–Crippen MR) is 70.8 cm³/mol. The summed E-state index contributed by atoms with van der Waals surface area (Å²) in [5.41, 5.74) is 2.80. The first-order valence-corrected chi connectivity index (χ1v) is 5.91. The van der Waals surface area contributed by atoms with Crippen LogP contribution in [-0.2, 0) is 0 Å². The summed E-state index contributed by atoms with van der Waals surface area (Å²) in [5, 5.41) is 0. The van der Waals surface area contributed by atoms with Gasteiger partial charge in [-0.25, -0.2) is 4.98 Å². The Hall–Kier alpha value is -1.68. The number of hydrogen-bond donors (Lipinski definition) is 1. The summed E-state index contributed by atoms with van der Waals surface area (Å²) in [6.45, 7) is 4.56. The number of hydrogen-bond acceptors (Lipinski definition) is 3. The second kappa shape index (κ2) is 5.10. The lowest BCUT2D eigenvalue weighted by molar-refractivity contribution is 0.341. The monoisotopic (exact) mass is 246 g/mol. The molecule has 1 N–H and O–H groups in total. The van der Waals surface area contributed by atoms with Crippen LogP contribution in [0.5, 0.6) is 5.75 Å². The van der Waals surface area contributed by atoms with Gasteiger partial charge in [0.15, 0.2) is 4.77 Å². The van der Waals surface area contributed by atoms with Crippen LogP contribution in [-0.4, -0.2) is 16.6 Å². The van der Waals surface area contributed by atoms with Crippen molar-refractivity contribution < 1.29 is 4.74 Å². The van der Waals surface area contributed by atoms with E-state index in [0.717, 1.165) is 22.7 Å². The van der Waals surface area contributed by atoms with Gasteiger partial charge in [-0.15, -0.1) is 0 Å². The number of aromatic amines is 1. The highest BCUT2D eigenvalue weighted by molar-refractivity contribution is 7.71. The standard InChI is InChI=1S/C13H14N2OS/c1-3-16-12-7-5-4-6-10(12)11-8-9(2)14-13(17)15-11/h4-8H,3H2,1-2H3,(H,14,15,17). The average molecular weight is 246 g/mol. The largest absolute Gasteiger partial charge is 0.493 e. The van der Waals surface area contributed by atoms with Crippen molar-refractivity contribution in [3.63, 3.8) is 0 Å². The van der Waals surface area contributed by atoms with Crippen molar-refractivity contribution in [2.75, 3.05) is 6.61 Å². The molecule has 4 heteroatoms. The summed E-state index contributed by atoms with van der Waals surface area (Å²) in [5.74, 6) is 0.836. The van der Waals surface area contributed by atoms with Gasteiger partial charge < -0.3 is 9.72 Å². The fraction of sp³-hybridized carbons (Fsp3) is 0.231. The van der Waals surface area contributed by atoms with Crippen molar-refractivity contribution in [1.29, 1.82) is 0 Å². The molecule has 2 rings (SSSR count). The average Bonchev–Trinajstić information content (AvgIpc) is 2.29. The summed E-state index contributed by atoms with van der Waals surface area (Å²) >= 11 is 5.09. The fourth-order valence-corrected chi connectivity index (χ4v) is 1.94. The predicted octanol–water partition coefficient (Wildman–Crippen LogP) is 3.51. The van der Waals surface area contributed by atoms with Crippen LogP contribution >= 0.6 is 12.2 Å². The van der Waals surface area contributed by atoms with E-state index in [0.29, 0.717) is 11.4 Å². The first-order chi connectivity index (χ1) is 8.20. The zero-order valence-electron chi connectivity index (χ0n) is 9.86. The quantitative estimate of drug-likeness (QED) is 0.842. The number of ether oxygens (including phenoxy) is 1. The van der Waals surface area contributed by atoms with Crippen molar-refractivity contribution in [2.24, 2.45) is 0 Å². The summed E-state index contributed by atoms with van der Waals surface area (Å²) in [6, 6.07) is 9.81. The summed E-state index contributed by atoms with van der Waals surface area (Å²) < 4.78 is 6.08. The van der Waals surface area contributed by atoms with Crippen molar-refractivity contribution in [3.8, 4) is 17.0 Å². The number of rotatable bonds is 3. The molecule has 0 unspecified atom stereocenters. The Morgan fingerprint density at radius 2 is 2.12 bits per heavy atom. The van der Waals surface area contributed by atoms with E-state index < -0.39 is 0 Å². The molecule has 1 aromatic heterocycles. The third kappa shape index (κ3) is 2.71. The molecule has 0 spiro atoms. The SMILES string of the molecule is CCOc1ccccc1-c1cc(C)[nH]c(=S)n1. The number of nitrogens with one attached hydrogen (secondary N) is 1. The van der Waals surface area contributed by atoms with Gasteiger partial charge in [0.25, 0.3) is 0 Å². The van der Waals surface area contributed by atoms with Crippen LogP contribution in [0.4, 0.5) is 0 Å². The molecule has 2 aromatic rings. The summed E-state index contributed by atoms with van der Waals surface area (Å²) in [4.78, 5) is 7.32. The second-order valence-corrected chi connectivity index (χ2v) is 4.07. The van der Waals surface area contributed by atoms with Crippen molar-refractivity contribution >= 4 is 12.2 Å². The van der Waals surface area contributed by atoms with E-state index in [1.807, 2.05) is 44.2 Å². The van der Waals surface area contributed by atoms with Gasteiger partial charge in [-0.2, -0.15) is 0 Å². The number of nitrogens with zero attached hydrogens (tertiary/aromatic N) is 1. The third-order valence-corrected chi connectivity index (χ3v) is 2.54. The molecule has 3 nitrogen and oxygen atoms in total. The number of para-hydroxylation sites is 1. The molecule has 1 heterocycles. The molecule has 0 saturated heterocycles. The minimum absolute atomic E-state index is 0.492. The first kappa shape index (κ1) is 11.8. The molecule has 0 bridgehead atoms. The van der Waals surface area contributed by atoms with Crippen molar-refractivity contribution in [1.82, 2.24) is 9.97 Å². The lowest BCUT2D eigenvalue weighted by Gasteiger charge is -2.09. The fourth-order valence-electron chi connectivity index (χ4n) is 1.68. The molecule has 17 heavy (non-hydrogen) atoms. The van der Waals surface area contributed by atoms with Crippen LogP contribution in [0.15, 0.2) is 30.3 Å². The normalized spacial score (nSPS) is 10.2. The van der Waals surface area contributed by atoms with Gasteiger partial charge in [-0.1, -0.05) is 12.1 Å². The lowest BCUT2D eigenvalue weighted by Crippen LogP contribution is -1.96. The van der Waals surface area contributed by atoms with Gasteiger partial charge in [-0.3, -0.25) is 0 Å². The van der Waals surface area contributed by atoms with E-state index in [1.165, 1.54) is 0 Å². The molecular weight excluding hydrogens is 232 g/mol. The molecule has 0 amide bonds. The summed E-state index contributed by atoms with van der Waals surface area (Å²) in [6.07, 6.45) is 0. The number of benzene rings is 1. The summed E-state index contributed by atoms with van der Waals surface area (Å²) in [7, 11) is 0. The number of aromatic nitrogens is 2. The van der Waals surface area contributed by atoms with Crippen LogP contribution < -0.4 is 4.74 Å². The molecule has 0 aliphatic carbocycles. The molecule has 0 aliphatic rings. The Morgan fingerprint density at radius 1 is 1.35 bits per heavy atom. The maximum absolute atomic E-state index is 5.59. The minimum Gasteiger partial charge on any atom is -0.493 e. The third-order valence-electron chi connectivity index (χ3n) is 2.34. The van der Waals surface area contributed by atoms with Gasteiger partial charge >= 0.3 is 0 Å². The Morgan fingerprint density at radius 3 is 2.82 bits per heavy atom. The first-order valence-electron chi connectivity index (χ1n) is 5.51. The topological polar surface area (TPSA) is 37.9 Å². The van der Waals surface area contributed by atoms with E-state index in [4.69, 9.17) is 17.0 Å². The van der Waals surface area contributed by atoms with Gasteiger partial charge in [0.05, 0.1) is 12.3 Å². The molecule has 88 valence electrons. The highest BCUT2D eigenvalue weighted by Gasteiger charge is 2.07. The zero-order chi connectivity index (χ0) is 12.3. The second-order valence-electron chi connectivity index (χ2n) is 3.68. The Labute approximate surface area is 105 Å². The van der Waals surface area contributed by atoms with E-state index in [-0.39, 0.29) is 0 Å². The van der Waals surface area contributed by atoms with Gasteiger partial charge in [0, 0.05) is 11.3 Å². The molecular formula is C13H14N2OS. The number of aryl methyl sites for hydroxylation is 1. The lowest BCUT2D eigenvalue weighted by atomic mass is 10.1. The van der Waals surface area contributed by atoms with Crippen LogP contribution in [0.2, 0.25) is 0 Å². The maximum atomic E-state index is 5.59. The molecule has 0 aliphatic heterocycles. The van der Waals surface area contributed by atoms with Gasteiger partial charge in [0.2, 0.25) is 0 Å². The Balaban J connectivity index is 2.55. The van der Waals surface area contributed by atoms with Gasteiger partial charge in [-0.05, 0) is 44.3 Å². The van der Waals surface area contributed by atoms with Crippen molar-refractivity contribution in [2.45, 2.75) is 13.8 Å². The van der Waals surface area contributed by atoms with Crippen LogP contribution in [0.25, 0.3) is 11.3 Å². The highest BCUT2D eigenvalue weighted by atomic mass is 32.1. The maximum Gasteiger partial charge on any atom is 0.197 e. The molecule has 1 aromatic carbocycles. The van der Waals surface area contributed by atoms with E-state index in [1.54, 1.807) is 0 Å². The van der Waals surface area contributed by atoms with E-state index >= 15 is 0 Å². The van der Waals surface area contributed by atoms with Crippen LogP contribution in [0.1, 0.15) is 12.6 Å². The van der Waals surface area contributed by atoms with E-state index in [2.05, 4.69) is 9.97 Å². The molecule has 0 saturated carbocycles. The highest BCUT2D eigenvalue weighted by Crippen LogP contribution is 2.28. The molecule has 0 atom stereocenters. The smallest absolute Gasteiger partial charge is 0.197 e. The van der Waals surface area contributed by atoms with Crippen LogP contribution in [0.3, 0.4) is 0 Å². The van der Waals surface area contributed by atoms with E-state index in [9.17, 15) is 0 Å². The van der Waals surface area contributed by atoms with Crippen LogP contribution in [0, 0.1) is 11.7 Å². The Kier molecular flexibility index (Phi) is 3.54. The zero-order valence-corrected chi connectivity index (χ0v) is 10.7. The number of H-pyrrole nitrogens is 1. The minimum atomic E-state index is 0.492. The molecule has 0 radical (unpaired) electrons.